The van der Waals surface area contributed by atoms with Crippen LogP contribution in [0.3, 0.4) is 0 Å². The van der Waals surface area contributed by atoms with Crippen molar-refractivity contribution in [3.8, 4) is 11.1 Å². The molecule has 1 saturated heterocycles. The van der Waals surface area contributed by atoms with E-state index in [1.54, 1.807) is 0 Å². The van der Waals surface area contributed by atoms with Crippen LogP contribution in [0.25, 0.3) is 22.0 Å². The summed E-state index contributed by atoms with van der Waals surface area (Å²) in [4.78, 5) is 18.5. The van der Waals surface area contributed by atoms with Crippen molar-refractivity contribution in [3.63, 3.8) is 0 Å². The molecule has 0 saturated carbocycles. The second-order valence-corrected chi connectivity index (χ2v) is 6.76. The Morgan fingerprint density at radius 2 is 1.85 bits per heavy atom. The maximum atomic E-state index is 13.2. The van der Waals surface area contributed by atoms with Gasteiger partial charge >= 0.3 is 0 Å². The van der Waals surface area contributed by atoms with Gasteiger partial charge in [-0.05, 0) is 36.7 Å². The fourth-order valence-corrected chi connectivity index (χ4v) is 3.61. The third-order valence-electron chi connectivity index (χ3n) is 4.66. The summed E-state index contributed by atoms with van der Waals surface area (Å²) in [5.41, 5.74) is 3.53. The number of fused-ring (bicyclic) bond motifs is 1. The Kier molecular flexibility index (Phi) is 5.87. The first-order valence-electron chi connectivity index (χ1n) is 8.60. The zero-order chi connectivity index (χ0) is 17.2. The maximum Gasteiger partial charge on any atom is 0.270 e. The summed E-state index contributed by atoms with van der Waals surface area (Å²) >= 11 is 6.22. The Bertz CT molecular complexity index is 900. The largest absolute Gasteiger partial charge is 0.350 e. The first-order chi connectivity index (χ1) is 12.2. The quantitative estimate of drug-likeness (QED) is 0.684. The molecule has 1 fully saturated rings. The van der Waals surface area contributed by atoms with Crippen LogP contribution in [0.1, 0.15) is 16.9 Å². The van der Waals surface area contributed by atoms with Gasteiger partial charge in [0.2, 0.25) is 0 Å². The van der Waals surface area contributed by atoms with Gasteiger partial charge in [-0.25, -0.2) is 0 Å². The normalized spacial score (nSPS) is 14.7. The van der Waals surface area contributed by atoms with E-state index in [4.69, 9.17) is 11.6 Å². The molecule has 3 aromatic rings. The predicted molar refractivity (Wildman–Crippen MR) is 109 cm³/mol. The number of hydrogen-bond acceptors (Lipinski definition) is 2. The molecule has 1 aliphatic heterocycles. The van der Waals surface area contributed by atoms with Crippen molar-refractivity contribution in [3.05, 3.63) is 59.2 Å². The van der Waals surface area contributed by atoms with E-state index in [0.717, 1.165) is 54.6 Å². The Morgan fingerprint density at radius 1 is 1.04 bits per heavy atom. The molecule has 0 aliphatic carbocycles. The lowest BCUT2D eigenvalue weighted by Gasteiger charge is -2.20. The van der Waals surface area contributed by atoms with Crippen molar-refractivity contribution in [1.82, 2.24) is 15.2 Å². The summed E-state index contributed by atoms with van der Waals surface area (Å²) in [7, 11) is 0. The van der Waals surface area contributed by atoms with Gasteiger partial charge in [0.15, 0.2) is 0 Å². The Hall–Kier alpha value is -2.01. The number of halogens is 2. The Balaban J connectivity index is 0.00000196. The number of nitrogens with zero attached hydrogens (tertiary/aromatic N) is 1. The number of nitrogens with one attached hydrogen (secondary N) is 2. The zero-order valence-electron chi connectivity index (χ0n) is 14.3. The Morgan fingerprint density at radius 3 is 2.65 bits per heavy atom. The molecule has 1 amide bonds. The fraction of sp³-hybridized carbons (Fsp3) is 0.250. The zero-order valence-corrected chi connectivity index (χ0v) is 15.9. The number of H-pyrrole nitrogens is 1. The predicted octanol–water partition coefficient (Wildman–Crippen LogP) is 4.35. The molecule has 2 aromatic carbocycles. The van der Waals surface area contributed by atoms with Crippen LogP contribution >= 0.6 is 24.0 Å². The average Bonchev–Trinajstić information content (AvgIpc) is 2.81. The van der Waals surface area contributed by atoms with Crippen LogP contribution in [0.15, 0.2) is 48.5 Å². The number of aromatic nitrogens is 1. The molecular formula is C20H21Cl2N3O. The van der Waals surface area contributed by atoms with E-state index in [1.165, 1.54) is 0 Å². The number of carbonyl (C=O) groups excluding carboxylic acids is 1. The summed E-state index contributed by atoms with van der Waals surface area (Å²) < 4.78 is 0. The number of benzene rings is 2. The highest BCUT2D eigenvalue weighted by Crippen LogP contribution is 2.34. The number of amides is 1. The minimum absolute atomic E-state index is 0. The molecule has 26 heavy (non-hydrogen) atoms. The summed E-state index contributed by atoms with van der Waals surface area (Å²) in [5.74, 6) is 0.0508. The van der Waals surface area contributed by atoms with E-state index in [0.29, 0.717) is 10.7 Å². The molecule has 0 radical (unpaired) electrons. The van der Waals surface area contributed by atoms with Crippen molar-refractivity contribution in [2.75, 3.05) is 26.2 Å². The maximum absolute atomic E-state index is 13.2. The molecule has 0 atom stereocenters. The standard InChI is InChI=1S/C20H20ClN3O.ClH/c21-15-7-8-17-16(13-15)18(14-5-2-1-3-6-14)19(23-17)20(25)24-11-4-9-22-10-12-24;/h1-3,5-8,13,22-23H,4,9-12H2;1H. The van der Waals surface area contributed by atoms with Crippen LogP contribution in [0.2, 0.25) is 5.02 Å². The second kappa shape index (κ2) is 8.12. The second-order valence-electron chi connectivity index (χ2n) is 6.33. The van der Waals surface area contributed by atoms with Crippen molar-refractivity contribution in [2.45, 2.75) is 6.42 Å². The van der Waals surface area contributed by atoms with E-state index < -0.39 is 0 Å². The summed E-state index contributed by atoms with van der Waals surface area (Å²) in [6.45, 7) is 3.29. The molecule has 0 unspecified atom stereocenters. The molecular weight excluding hydrogens is 369 g/mol. The fourth-order valence-electron chi connectivity index (χ4n) is 3.44. The lowest BCUT2D eigenvalue weighted by atomic mass is 10.0. The van der Waals surface area contributed by atoms with Crippen LogP contribution in [0.5, 0.6) is 0 Å². The van der Waals surface area contributed by atoms with Crippen molar-refractivity contribution >= 4 is 40.8 Å². The first-order valence-corrected chi connectivity index (χ1v) is 8.98. The van der Waals surface area contributed by atoms with Gasteiger partial charge in [-0.2, -0.15) is 0 Å². The topological polar surface area (TPSA) is 48.1 Å². The highest BCUT2D eigenvalue weighted by atomic mass is 35.5. The minimum Gasteiger partial charge on any atom is -0.350 e. The van der Waals surface area contributed by atoms with E-state index in [9.17, 15) is 4.79 Å². The van der Waals surface area contributed by atoms with Crippen molar-refractivity contribution in [1.29, 1.82) is 0 Å². The molecule has 0 spiro atoms. The number of hydrogen-bond donors (Lipinski definition) is 2. The third kappa shape index (κ3) is 3.58. The SMILES string of the molecule is Cl.O=C(c1[nH]c2ccc(Cl)cc2c1-c1ccccc1)N1CCCNCC1. The van der Waals surface area contributed by atoms with Crippen LogP contribution in [-0.2, 0) is 0 Å². The van der Waals surface area contributed by atoms with Gasteiger partial charge in [0.05, 0.1) is 0 Å². The van der Waals surface area contributed by atoms with Gasteiger partial charge in [-0.1, -0.05) is 41.9 Å². The highest BCUT2D eigenvalue weighted by molar-refractivity contribution is 6.31. The molecule has 0 bridgehead atoms. The molecule has 2 N–H and O–H groups in total. The van der Waals surface area contributed by atoms with Crippen LogP contribution < -0.4 is 5.32 Å². The van der Waals surface area contributed by atoms with E-state index >= 15 is 0 Å². The summed E-state index contributed by atoms with van der Waals surface area (Å²) in [5, 5.41) is 4.99. The summed E-state index contributed by atoms with van der Waals surface area (Å²) in [6, 6.07) is 15.7. The number of carbonyl (C=O) groups is 1. The summed E-state index contributed by atoms with van der Waals surface area (Å²) in [6.07, 6.45) is 0.971. The smallest absolute Gasteiger partial charge is 0.270 e. The molecule has 4 nitrogen and oxygen atoms in total. The van der Waals surface area contributed by atoms with Gasteiger partial charge in [-0.3, -0.25) is 4.79 Å². The van der Waals surface area contributed by atoms with Gasteiger partial charge in [0.1, 0.15) is 5.69 Å². The average molecular weight is 390 g/mol. The van der Waals surface area contributed by atoms with Gasteiger partial charge in [0, 0.05) is 41.1 Å². The number of aromatic amines is 1. The van der Waals surface area contributed by atoms with Crippen LogP contribution in [0, 0.1) is 0 Å². The van der Waals surface area contributed by atoms with Crippen molar-refractivity contribution in [2.24, 2.45) is 0 Å². The molecule has 2 heterocycles. The molecule has 4 rings (SSSR count). The molecule has 1 aromatic heterocycles. The van der Waals surface area contributed by atoms with Gasteiger partial charge in [0.25, 0.3) is 5.91 Å². The van der Waals surface area contributed by atoms with Gasteiger partial charge in [-0.15, -0.1) is 12.4 Å². The molecule has 136 valence electrons. The minimum atomic E-state index is 0. The van der Waals surface area contributed by atoms with E-state index in [1.807, 2.05) is 53.4 Å². The molecule has 6 heteroatoms. The Labute approximate surface area is 163 Å². The van der Waals surface area contributed by atoms with Crippen molar-refractivity contribution < 1.29 is 4.79 Å². The third-order valence-corrected chi connectivity index (χ3v) is 4.90. The van der Waals surface area contributed by atoms with Crippen LogP contribution in [-0.4, -0.2) is 42.0 Å². The van der Waals surface area contributed by atoms with E-state index in [2.05, 4.69) is 10.3 Å². The number of rotatable bonds is 2. The van der Waals surface area contributed by atoms with Gasteiger partial charge < -0.3 is 15.2 Å². The lowest BCUT2D eigenvalue weighted by Crippen LogP contribution is -2.34. The first kappa shape index (κ1) is 18.8. The molecule has 1 aliphatic rings. The van der Waals surface area contributed by atoms with E-state index in [-0.39, 0.29) is 18.3 Å². The highest BCUT2D eigenvalue weighted by Gasteiger charge is 2.24. The monoisotopic (exact) mass is 389 g/mol. The lowest BCUT2D eigenvalue weighted by molar-refractivity contribution is 0.0762. The van der Waals surface area contributed by atoms with Crippen LogP contribution in [0.4, 0.5) is 0 Å².